The van der Waals surface area contributed by atoms with E-state index in [0.717, 1.165) is 25.7 Å². The molecule has 0 aliphatic carbocycles. The van der Waals surface area contributed by atoms with Crippen LogP contribution in [0.2, 0.25) is 0 Å². The Bertz CT molecular complexity index is 324. The van der Waals surface area contributed by atoms with Crippen LogP contribution in [0.3, 0.4) is 0 Å². The van der Waals surface area contributed by atoms with Gasteiger partial charge < -0.3 is 33.5 Å². The Labute approximate surface area is 129 Å². The minimum absolute atomic E-state index is 0.169. The zero-order chi connectivity index (χ0) is 15.6. The van der Waals surface area contributed by atoms with Gasteiger partial charge in [0, 0.05) is 13.2 Å². The molecule has 22 heavy (non-hydrogen) atoms. The van der Waals surface area contributed by atoms with E-state index in [4.69, 9.17) is 28.8 Å². The number of aliphatic hydroxyl groups excluding tert-OH is 1. The molecule has 128 valence electrons. The maximum Gasteiger partial charge on any atom is 0.508 e. The van der Waals surface area contributed by atoms with Gasteiger partial charge >= 0.3 is 6.16 Å². The van der Waals surface area contributed by atoms with E-state index in [1.807, 2.05) is 0 Å². The largest absolute Gasteiger partial charge is 0.508 e. The highest BCUT2D eigenvalue weighted by atomic mass is 16.8. The second kappa shape index (κ2) is 9.96. The standard InChI is InChI=1S/C14H24O8/c15-13-19-9-11(21-13)7-17-5-3-1-2-4-6-18-8-12-10-20-14(16)22-12/h11-13,15H,1-10H2. The van der Waals surface area contributed by atoms with Gasteiger partial charge in [0.1, 0.15) is 12.7 Å². The number of ether oxygens (including phenoxy) is 6. The molecule has 0 spiro atoms. The van der Waals surface area contributed by atoms with Crippen molar-refractivity contribution >= 4 is 6.16 Å². The van der Waals surface area contributed by atoms with Gasteiger partial charge in [-0.3, -0.25) is 0 Å². The molecule has 0 radical (unpaired) electrons. The van der Waals surface area contributed by atoms with Crippen molar-refractivity contribution in [2.45, 2.75) is 44.4 Å². The van der Waals surface area contributed by atoms with Crippen molar-refractivity contribution in [3.63, 3.8) is 0 Å². The number of carbonyl (C=O) groups is 1. The summed E-state index contributed by atoms with van der Waals surface area (Å²) in [4.78, 5) is 10.7. The summed E-state index contributed by atoms with van der Waals surface area (Å²) in [5.41, 5.74) is 0. The molecule has 8 heteroatoms. The number of rotatable bonds is 11. The van der Waals surface area contributed by atoms with Crippen molar-refractivity contribution in [1.29, 1.82) is 0 Å². The molecule has 2 heterocycles. The molecule has 0 amide bonds. The Kier molecular flexibility index (Phi) is 7.89. The number of carbonyl (C=O) groups excluding carboxylic acids is 1. The van der Waals surface area contributed by atoms with E-state index in [1.165, 1.54) is 0 Å². The van der Waals surface area contributed by atoms with Crippen LogP contribution in [-0.2, 0) is 28.4 Å². The third-order valence-corrected chi connectivity index (χ3v) is 3.32. The lowest BCUT2D eigenvalue weighted by atomic mass is 10.2. The highest BCUT2D eigenvalue weighted by molar-refractivity contribution is 5.61. The number of hydrogen-bond donors (Lipinski definition) is 1. The number of aliphatic hydroxyl groups is 1. The molecule has 2 saturated heterocycles. The van der Waals surface area contributed by atoms with Crippen LogP contribution in [0.15, 0.2) is 0 Å². The molecule has 2 fully saturated rings. The normalized spacial score (nSPS) is 27.9. The lowest BCUT2D eigenvalue weighted by Crippen LogP contribution is -2.19. The van der Waals surface area contributed by atoms with Gasteiger partial charge in [-0.25, -0.2) is 4.79 Å². The minimum atomic E-state index is -1.10. The van der Waals surface area contributed by atoms with Gasteiger partial charge in [0.25, 0.3) is 6.48 Å². The fraction of sp³-hybridized carbons (Fsp3) is 0.929. The molecule has 0 aromatic rings. The Morgan fingerprint density at radius 2 is 1.68 bits per heavy atom. The first-order valence-corrected chi connectivity index (χ1v) is 7.68. The highest BCUT2D eigenvalue weighted by Gasteiger charge is 2.25. The Morgan fingerprint density at radius 3 is 2.23 bits per heavy atom. The summed E-state index contributed by atoms with van der Waals surface area (Å²) in [5, 5.41) is 8.98. The summed E-state index contributed by atoms with van der Waals surface area (Å²) >= 11 is 0. The van der Waals surface area contributed by atoms with Crippen LogP contribution in [0.1, 0.15) is 25.7 Å². The summed E-state index contributed by atoms with van der Waals surface area (Å²) in [7, 11) is 0. The molecule has 1 N–H and O–H groups in total. The lowest BCUT2D eigenvalue weighted by Gasteiger charge is -2.09. The van der Waals surface area contributed by atoms with Crippen molar-refractivity contribution in [2.75, 3.05) is 39.6 Å². The summed E-state index contributed by atoms with van der Waals surface area (Å²) in [6.07, 6.45) is 3.02. The van der Waals surface area contributed by atoms with Crippen LogP contribution in [-0.4, -0.2) is 69.6 Å². The van der Waals surface area contributed by atoms with Gasteiger partial charge in [0.2, 0.25) is 0 Å². The number of cyclic esters (lactones) is 2. The van der Waals surface area contributed by atoms with Gasteiger partial charge in [0.15, 0.2) is 6.10 Å². The molecule has 0 aromatic heterocycles. The Balaban J connectivity index is 1.29. The third kappa shape index (κ3) is 6.89. The van der Waals surface area contributed by atoms with Crippen LogP contribution >= 0.6 is 0 Å². The fourth-order valence-electron chi connectivity index (χ4n) is 2.16. The molecule has 0 saturated carbocycles. The fourth-order valence-corrected chi connectivity index (χ4v) is 2.16. The molecule has 0 bridgehead atoms. The van der Waals surface area contributed by atoms with Crippen LogP contribution in [0, 0.1) is 0 Å². The maximum absolute atomic E-state index is 10.7. The average Bonchev–Trinajstić information content (AvgIpc) is 3.09. The van der Waals surface area contributed by atoms with Gasteiger partial charge in [-0.1, -0.05) is 12.8 Å². The second-order valence-electron chi connectivity index (χ2n) is 5.26. The van der Waals surface area contributed by atoms with Crippen molar-refractivity contribution in [2.24, 2.45) is 0 Å². The van der Waals surface area contributed by atoms with Crippen molar-refractivity contribution in [3.8, 4) is 0 Å². The number of hydrogen-bond acceptors (Lipinski definition) is 8. The van der Waals surface area contributed by atoms with Crippen LogP contribution in [0.25, 0.3) is 0 Å². The molecule has 8 nitrogen and oxygen atoms in total. The van der Waals surface area contributed by atoms with Crippen LogP contribution < -0.4 is 0 Å². The van der Waals surface area contributed by atoms with E-state index in [1.54, 1.807) is 0 Å². The molecule has 2 aliphatic heterocycles. The summed E-state index contributed by atoms with van der Waals surface area (Å²) in [5.74, 6) is 0. The SMILES string of the molecule is O=C1OCC(COCCCCCCOCC2COC(O)O2)O1. The number of unbranched alkanes of at least 4 members (excludes halogenated alkanes) is 3. The van der Waals surface area contributed by atoms with E-state index in [9.17, 15) is 4.79 Å². The van der Waals surface area contributed by atoms with E-state index in [2.05, 4.69) is 4.74 Å². The van der Waals surface area contributed by atoms with Crippen molar-refractivity contribution in [3.05, 3.63) is 0 Å². The molecule has 2 aliphatic rings. The quantitative estimate of drug-likeness (QED) is 0.441. The smallest absolute Gasteiger partial charge is 0.430 e. The zero-order valence-electron chi connectivity index (χ0n) is 12.6. The predicted octanol–water partition coefficient (Wildman–Crippen LogP) is 0.807. The van der Waals surface area contributed by atoms with Gasteiger partial charge in [0.05, 0.1) is 19.8 Å². The van der Waals surface area contributed by atoms with Gasteiger partial charge in [-0.05, 0) is 12.8 Å². The first kappa shape index (κ1) is 17.4. The van der Waals surface area contributed by atoms with Gasteiger partial charge in [-0.15, -0.1) is 0 Å². The third-order valence-electron chi connectivity index (χ3n) is 3.32. The summed E-state index contributed by atoms with van der Waals surface area (Å²) < 4.78 is 30.3. The van der Waals surface area contributed by atoms with Gasteiger partial charge in [-0.2, -0.15) is 0 Å². The van der Waals surface area contributed by atoms with Crippen LogP contribution in [0.5, 0.6) is 0 Å². The average molecular weight is 320 g/mol. The molecular weight excluding hydrogens is 296 g/mol. The Hall–Kier alpha value is -0.930. The topological polar surface area (TPSA) is 92.7 Å². The molecule has 2 rings (SSSR count). The van der Waals surface area contributed by atoms with E-state index in [-0.39, 0.29) is 18.8 Å². The minimum Gasteiger partial charge on any atom is -0.430 e. The first-order valence-electron chi connectivity index (χ1n) is 7.68. The lowest BCUT2D eigenvalue weighted by molar-refractivity contribution is -0.207. The highest BCUT2D eigenvalue weighted by Crippen LogP contribution is 2.10. The molecule has 0 aromatic carbocycles. The van der Waals surface area contributed by atoms with E-state index >= 15 is 0 Å². The Morgan fingerprint density at radius 1 is 1.00 bits per heavy atom. The molecule has 3 atom stereocenters. The van der Waals surface area contributed by atoms with Crippen molar-refractivity contribution < 1.29 is 38.3 Å². The predicted molar refractivity (Wildman–Crippen MR) is 73.2 cm³/mol. The van der Waals surface area contributed by atoms with E-state index < -0.39 is 12.6 Å². The van der Waals surface area contributed by atoms with Crippen molar-refractivity contribution in [1.82, 2.24) is 0 Å². The maximum atomic E-state index is 10.7. The first-order chi connectivity index (χ1) is 10.7. The molecule has 3 unspecified atom stereocenters. The zero-order valence-corrected chi connectivity index (χ0v) is 12.6. The van der Waals surface area contributed by atoms with Crippen LogP contribution in [0.4, 0.5) is 4.79 Å². The van der Waals surface area contributed by atoms with E-state index in [0.29, 0.717) is 33.0 Å². The monoisotopic (exact) mass is 320 g/mol. The molecular formula is C14H24O8. The summed E-state index contributed by atoms with van der Waals surface area (Å²) in [6.45, 7) is 1.72. The second-order valence-corrected chi connectivity index (χ2v) is 5.26. The summed E-state index contributed by atoms with van der Waals surface area (Å²) in [6, 6.07) is 0.